The monoisotopic (exact) mass is 298 g/mol. The second-order valence-electron chi connectivity index (χ2n) is 6.70. The van der Waals surface area contributed by atoms with Crippen LogP contribution in [0.15, 0.2) is 24.3 Å². The van der Waals surface area contributed by atoms with Crippen molar-refractivity contribution < 1.29 is 18.0 Å². The fourth-order valence-corrected chi connectivity index (χ4v) is 3.15. The number of hydrogen-bond acceptors (Lipinski definition) is 1. The predicted molar refractivity (Wildman–Crippen MR) is 76.1 cm³/mol. The Balaban J connectivity index is 2.08. The smallest absolute Gasteiger partial charge is 0.294 e. The first-order valence-electron chi connectivity index (χ1n) is 7.33. The van der Waals surface area contributed by atoms with Gasteiger partial charge in [0.05, 0.1) is 5.56 Å². The van der Waals surface area contributed by atoms with Gasteiger partial charge in [0.1, 0.15) is 0 Å². The van der Waals surface area contributed by atoms with E-state index >= 15 is 0 Å². The molecule has 1 aliphatic carbocycles. The summed E-state index contributed by atoms with van der Waals surface area (Å²) in [6.07, 6.45) is -1.81. The number of benzene rings is 1. The van der Waals surface area contributed by atoms with Crippen LogP contribution in [0.1, 0.15) is 56.0 Å². The van der Waals surface area contributed by atoms with Crippen molar-refractivity contribution in [2.24, 2.45) is 17.3 Å². The maximum Gasteiger partial charge on any atom is 0.416 e. The number of ketones is 1. The quantitative estimate of drug-likeness (QED) is 0.687. The van der Waals surface area contributed by atoms with Crippen LogP contribution in [0.5, 0.6) is 0 Å². The molecular formula is C17H21F3O. The Labute approximate surface area is 123 Å². The molecule has 0 saturated heterocycles. The molecule has 1 fully saturated rings. The topological polar surface area (TPSA) is 17.1 Å². The summed E-state index contributed by atoms with van der Waals surface area (Å²) in [4.78, 5) is 12.3. The average Bonchev–Trinajstić information content (AvgIpc) is 2.65. The van der Waals surface area contributed by atoms with E-state index < -0.39 is 11.7 Å². The zero-order chi connectivity index (χ0) is 15.8. The highest BCUT2D eigenvalue weighted by atomic mass is 19.4. The molecule has 1 aliphatic rings. The minimum absolute atomic E-state index is 0.0594. The predicted octanol–water partition coefficient (Wildman–Crippen LogP) is 5.35. The van der Waals surface area contributed by atoms with Gasteiger partial charge >= 0.3 is 6.18 Å². The van der Waals surface area contributed by atoms with Crippen molar-refractivity contribution in [3.8, 4) is 0 Å². The Morgan fingerprint density at radius 2 is 1.76 bits per heavy atom. The van der Waals surface area contributed by atoms with E-state index in [1.807, 2.05) is 0 Å². The van der Waals surface area contributed by atoms with E-state index in [9.17, 15) is 18.0 Å². The fraction of sp³-hybridized carbons (Fsp3) is 0.588. The van der Waals surface area contributed by atoms with Crippen molar-refractivity contribution in [2.45, 2.75) is 46.2 Å². The van der Waals surface area contributed by atoms with Gasteiger partial charge < -0.3 is 0 Å². The van der Waals surface area contributed by atoms with Gasteiger partial charge in [0.2, 0.25) is 0 Å². The minimum Gasteiger partial charge on any atom is -0.294 e. The van der Waals surface area contributed by atoms with Crippen molar-refractivity contribution in [3.63, 3.8) is 0 Å². The van der Waals surface area contributed by atoms with Gasteiger partial charge in [-0.05, 0) is 42.2 Å². The molecule has 0 heterocycles. The number of alkyl halides is 3. The third-order valence-electron chi connectivity index (χ3n) is 5.24. The van der Waals surface area contributed by atoms with Gasteiger partial charge in [0.25, 0.3) is 0 Å². The van der Waals surface area contributed by atoms with Crippen LogP contribution in [0.3, 0.4) is 0 Å². The number of carbonyl (C=O) groups is 1. The van der Waals surface area contributed by atoms with Crippen LogP contribution in [0.4, 0.5) is 13.2 Å². The SMILES string of the molecule is C[C@H]1CC[C@H](CC(=O)c2ccc(C(F)(F)F)cc2)C1(C)C. The van der Waals surface area contributed by atoms with Crippen molar-refractivity contribution in [3.05, 3.63) is 35.4 Å². The molecule has 2 atom stereocenters. The summed E-state index contributed by atoms with van der Waals surface area (Å²) in [5.74, 6) is 0.820. The van der Waals surface area contributed by atoms with Crippen molar-refractivity contribution in [2.75, 3.05) is 0 Å². The first-order chi connectivity index (χ1) is 9.62. The Kier molecular flexibility index (Phi) is 4.18. The molecule has 0 aromatic heterocycles. The zero-order valence-corrected chi connectivity index (χ0v) is 12.6. The second-order valence-corrected chi connectivity index (χ2v) is 6.70. The first-order valence-corrected chi connectivity index (χ1v) is 7.33. The van der Waals surface area contributed by atoms with Crippen LogP contribution in [-0.4, -0.2) is 5.78 Å². The third kappa shape index (κ3) is 3.30. The van der Waals surface area contributed by atoms with Gasteiger partial charge in [0, 0.05) is 12.0 Å². The summed E-state index contributed by atoms with van der Waals surface area (Å²) in [6.45, 7) is 6.55. The van der Waals surface area contributed by atoms with E-state index in [0.717, 1.165) is 25.0 Å². The Morgan fingerprint density at radius 1 is 1.19 bits per heavy atom. The molecule has 1 aromatic carbocycles. The fourth-order valence-electron chi connectivity index (χ4n) is 3.15. The second kappa shape index (κ2) is 5.47. The Bertz CT molecular complexity index is 514. The summed E-state index contributed by atoms with van der Waals surface area (Å²) < 4.78 is 37.5. The van der Waals surface area contributed by atoms with Gasteiger partial charge in [-0.2, -0.15) is 13.2 Å². The van der Waals surface area contributed by atoms with Gasteiger partial charge in [-0.15, -0.1) is 0 Å². The molecule has 0 radical (unpaired) electrons. The number of carbonyl (C=O) groups excluding carboxylic acids is 1. The Morgan fingerprint density at radius 3 is 2.19 bits per heavy atom. The van der Waals surface area contributed by atoms with E-state index in [-0.39, 0.29) is 11.2 Å². The standard InChI is InChI=1S/C17H21F3O/c1-11-4-7-14(16(11,2)3)10-15(21)12-5-8-13(9-6-12)17(18,19)20/h5-6,8-9,11,14H,4,7,10H2,1-3H3/t11-,14+/m0/s1. The summed E-state index contributed by atoms with van der Waals surface area (Å²) in [5, 5.41) is 0. The van der Waals surface area contributed by atoms with E-state index in [2.05, 4.69) is 20.8 Å². The van der Waals surface area contributed by atoms with Gasteiger partial charge in [0.15, 0.2) is 5.78 Å². The molecule has 21 heavy (non-hydrogen) atoms. The van der Waals surface area contributed by atoms with E-state index in [4.69, 9.17) is 0 Å². The lowest BCUT2D eigenvalue weighted by Crippen LogP contribution is -2.25. The van der Waals surface area contributed by atoms with Crippen LogP contribution in [0, 0.1) is 17.3 Å². The molecule has 4 heteroatoms. The molecule has 0 aliphatic heterocycles. The van der Waals surface area contributed by atoms with E-state index in [0.29, 0.717) is 23.8 Å². The highest BCUT2D eigenvalue weighted by molar-refractivity contribution is 5.96. The lowest BCUT2D eigenvalue weighted by Gasteiger charge is -2.31. The molecule has 2 rings (SSSR count). The Hall–Kier alpha value is -1.32. The third-order valence-corrected chi connectivity index (χ3v) is 5.24. The molecule has 0 N–H and O–H groups in total. The van der Waals surface area contributed by atoms with Gasteiger partial charge in [-0.3, -0.25) is 4.79 Å². The molecule has 1 aromatic rings. The van der Waals surface area contributed by atoms with Crippen molar-refractivity contribution in [1.82, 2.24) is 0 Å². The van der Waals surface area contributed by atoms with Crippen molar-refractivity contribution >= 4 is 5.78 Å². The number of hydrogen-bond donors (Lipinski definition) is 0. The molecule has 0 unspecified atom stereocenters. The molecule has 0 amide bonds. The maximum absolute atomic E-state index is 12.5. The summed E-state index contributed by atoms with van der Waals surface area (Å²) in [6, 6.07) is 4.54. The number of rotatable bonds is 3. The molecule has 116 valence electrons. The summed E-state index contributed by atoms with van der Waals surface area (Å²) in [7, 11) is 0. The number of Topliss-reactive ketones (excluding diaryl/α,β-unsaturated/α-hetero) is 1. The normalized spacial score (nSPS) is 25.0. The van der Waals surface area contributed by atoms with Crippen LogP contribution >= 0.6 is 0 Å². The molecule has 0 spiro atoms. The lowest BCUT2D eigenvalue weighted by atomic mass is 9.74. The number of halogens is 3. The molecular weight excluding hydrogens is 277 g/mol. The molecule has 0 bridgehead atoms. The molecule has 1 saturated carbocycles. The van der Waals surface area contributed by atoms with Gasteiger partial charge in [-0.25, -0.2) is 0 Å². The highest BCUT2D eigenvalue weighted by Crippen LogP contribution is 2.48. The van der Waals surface area contributed by atoms with Crippen LogP contribution in [-0.2, 0) is 6.18 Å². The highest BCUT2D eigenvalue weighted by Gasteiger charge is 2.41. The summed E-state index contributed by atoms with van der Waals surface area (Å²) >= 11 is 0. The van der Waals surface area contributed by atoms with Crippen LogP contribution in [0.25, 0.3) is 0 Å². The minimum atomic E-state index is -4.36. The maximum atomic E-state index is 12.5. The summed E-state index contributed by atoms with van der Waals surface area (Å²) in [5.41, 5.74) is -0.228. The lowest BCUT2D eigenvalue weighted by molar-refractivity contribution is -0.137. The van der Waals surface area contributed by atoms with Crippen LogP contribution < -0.4 is 0 Å². The van der Waals surface area contributed by atoms with Crippen LogP contribution in [0.2, 0.25) is 0 Å². The zero-order valence-electron chi connectivity index (χ0n) is 12.6. The van der Waals surface area contributed by atoms with E-state index in [1.165, 1.54) is 12.1 Å². The first kappa shape index (κ1) is 16.1. The van der Waals surface area contributed by atoms with E-state index in [1.54, 1.807) is 0 Å². The van der Waals surface area contributed by atoms with Gasteiger partial charge in [-0.1, -0.05) is 32.9 Å². The molecule has 1 nitrogen and oxygen atoms in total. The van der Waals surface area contributed by atoms with Crippen molar-refractivity contribution in [1.29, 1.82) is 0 Å². The average molecular weight is 298 g/mol. The largest absolute Gasteiger partial charge is 0.416 e.